The summed E-state index contributed by atoms with van der Waals surface area (Å²) in [6.45, 7) is 0. The Balaban J connectivity index is 2.42. The van der Waals surface area contributed by atoms with Crippen molar-refractivity contribution in [3.05, 3.63) is 28.2 Å². The zero-order valence-corrected chi connectivity index (χ0v) is 13.4. The largest absolute Gasteiger partial charge is 0.478 e. The predicted molar refractivity (Wildman–Crippen MR) is 78.2 cm³/mol. The summed E-state index contributed by atoms with van der Waals surface area (Å²) in [7, 11) is 2.84. The monoisotopic (exact) mass is 371 g/mol. The van der Waals surface area contributed by atoms with Crippen molar-refractivity contribution in [3.63, 3.8) is 0 Å². The lowest BCUT2D eigenvalue weighted by molar-refractivity contribution is 0.0693. The molecule has 0 fully saturated rings. The summed E-state index contributed by atoms with van der Waals surface area (Å²) >= 11 is 4.39. The van der Waals surface area contributed by atoms with E-state index in [0.29, 0.717) is 4.90 Å². The molecule has 0 saturated carbocycles. The molecule has 0 unspecified atom stereocenters. The average molecular weight is 372 g/mol. The Bertz CT molecular complexity index is 661. The number of aromatic nitrogens is 3. The minimum Gasteiger partial charge on any atom is -0.478 e. The van der Waals surface area contributed by atoms with Gasteiger partial charge in [0.25, 0.3) is 0 Å². The molecule has 1 aromatic heterocycles. The van der Waals surface area contributed by atoms with Crippen LogP contribution in [-0.4, -0.2) is 40.2 Å². The number of halogens is 1. The maximum absolute atomic E-state index is 11.2. The van der Waals surface area contributed by atoms with Crippen molar-refractivity contribution in [1.29, 1.82) is 0 Å². The summed E-state index contributed by atoms with van der Waals surface area (Å²) in [5, 5.41) is 9.48. The van der Waals surface area contributed by atoms with Gasteiger partial charge in [-0.3, -0.25) is 0 Å². The van der Waals surface area contributed by atoms with Crippen molar-refractivity contribution in [1.82, 2.24) is 15.0 Å². The second kappa shape index (κ2) is 6.72. The molecule has 0 aliphatic heterocycles. The number of hydrogen-bond donors (Lipinski definition) is 1. The van der Waals surface area contributed by atoms with E-state index in [9.17, 15) is 9.90 Å². The van der Waals surface area contributed by atoms with Crippen molar-refractivity contribution in [2.45, 2.75) is 10.1 Å². The van der Waals surface area contributed by atoms with Gasteiger partial charge in [-0.05, 0) is 30.0 Å². The standard InChI is InChI=1S/C12H10BrN3O4S/c1-19-10-14-11(20-2)16-12(15-10)21-8-5-6(13)3-4-7(8)9(17)18/h3-5H,1-2H3,(H,17,18). The molecule has 110 valence electrons. The van der Waals surface area contributed by atoms with E-state index in [1.807, 2.05) is 0 Å². The van der Waals surface area contributed by atoms with Crippen molar-refractivity contribution < 1.29 is 19.4 Å². The van der Waals surface area contributed by atoms with Gasteiger partial charge < -0.3 is 14.6 Å². The molecule has 1 N–H and O–H groups in total. The van der Waals surface area contributed by atoms with E-state index in [-0.39, 0.29) is 22.7 Å². The minimum absolute atomic E-state index is 0.0937. The molecule has 0 aliphatic rings. The van der Waals surface area contributed by atoms with Crippen LogP contribution in [-0.2, 0) is 0 Å². The fraction of sp³-hybridized carbons (Fsp3) is 0.167. The fourth-order valence-corrected chi connectivity index (χ4v) is 2.81. The Morgan fingerprint density at radius 3 is 2.33 bits per heavy atom. The van der Waals surface area contributed by atoms with Gasteiger partial charge >= 0.3 is 18.0 Å². The zero-order valence-electron chi connectivity index (χ0n) is 11.0. The lowest BCUT2D eigenvalue weighted by Gasteiger charge is -2.07. The van der Waals surface area contributed by atoms with Crippen LogP contribution in [0.4, 0.5) is 0 Å². The summed E-state index contributed by atoms with van der Waals surface area (Å²) in [4.78, 5) is 23.7. The molecule has 2 aromatic rings. The van der Waals surface area contributed by atoms with Crippen LogP contribution in [0.1, 0.15) is 10.4 Å². The number of carbonyl (C=O) groups is 1. The maximum Gasteiger partial charge on any atom is 0.336 e. The first-order valence-electron chi connectivity index (χ1n) is 5.58. The van der Waals surface area contributed by atoms with Gasteiger partial charge in [0.2, 0.25) is 5.16 Å². The van der Waals surface area contributed by atoms with Crippen LogP contribution in [0.2, 0.25) is 0 Å². The molecule has 0 radical (unpaired) electrons. The summed E-state index contributed by atoms with van der Waals surface area (Å²) in [6, 6.07) is 5.02. The molecule has 1 heterocycles. The minimum atomic E-state index is -1.03. The number of carboxylic acid groups (broad SMARTS) is 1. The predicted octanol–water partition coefficient (Wildman–Crippen LogP) is 2.50. The smallest absolute Gasteiger partial charge is 0.336 e. The third-order valence-electron chi connectivity index (χ3n) is 2.31. The lowest BCUT2D eigenvalue weighted by Crippen LogP contribution is -2.02. The number of aromatic carboxylic acids is 1. The lowest BCUT2D eigenvalue weighted by atomic mass is 10.2. The molecular formula is C12H10BrN3O4S. The Labute approximate surface area is 132 Å². The SMILES string of the molecule is COc1nc(OC)nc(Sc2cc(Br)ccc2C(=O)O)n1. The number of hydrogen-bond acceptors (Lipinski definition) is 7. The van der Waals surface area contributed by atoms with E-state index in [1.165, 1.54) is 20.3 Å². The number of benzene rings is 1. The van der Waals surface area contributed by atoms with Gasteiger partial charge in [-0.15, -0.1) is 4.98 Å². The van der Waals surface area contributed by atoms with Crippen molar-refractivity contribution in [3.8, 4) is 12.0 Å². The number of ether oxygens (including phenoxy) is 2. The first-order valence-corrected chi connectivity index (χ1v) is 7.19. The number of methoxy groups -OCH3 is 2. The van der Waals surface area contributed by atoms with Crippen LogP contribution in [0, 0.1) is 0 Å². The van der Waals surface area contributed by atoms with Gasteiger partial charge in [0.15, 0.2) is 0 Å². The second-order valence-corrected chi connectivity index (χ2v) is 5.56. The number of carboxylic acids is 1. The van der Waals surface area contributed by atoms with Crippen LogP contribution in [0.25, 0.3) is 0 Å². The topological polar surface area (TPSA) is 94.4 Å². The van der Waals surface area contributed by atoms with Gasteiger partial charge in [0.05, 0.1) is 19.8 Å². The normalized spacial score (nSPS) is 10.2. The van der Waals surface area contributed by atoms with E-state index in [2.05, 4.69) is 30.9 Å². The molecule has 21 heavy (non-hydrogen) atoms. The second-order valence-electron chi connectivity index (χ2n) is 3.64. The van der Waals surface area contributed by atoms with E-state index in [0.717, 1.165) is 16.2 Å². The molecule has 0 amide bonds. The average Bonchev–Trinajstić information content (AvgIpc) is 2.46. The molecule has 1 aromatic carbocycles. The molecule has 0 bridgehead atoms. The summed E-state index contributed by atoms with van der Waals surface area (Å²) in [5.74, 6) is -1.03. The molecular weight excluding hydrogens is 362 g/mol. The van der Waals surface area contributed by atoms with Gasteiger partial charge in [0, 0.05) is 9.37 Å². The van der Waals surface area contributed by atoms with Crippen LogP contribution in [0.3, 0.4) is 0 Å². The van der Waals surface area contributed by atoms with Crippen molar-refractivity contribution in [2.75, 3.05) is 14.2 Å². The number of rotatable bonds is 5. The van der Waals surface area contributed by atoms with Crippen LogP contribution in [0.15, 0.2) is 32.7 Å². The van der Waals surface area contributed by atoms with Gasteiger partial charge in [0.1, 0.15) is 0 Å². The highest BCUT2D eigenvalue weighted by Crippen LogP contribution is 2.31. The molecule has 0 spiro atoms. The van der Waals surface area contributed by atoms with Crippen molar-refractivity contribution >= 4 is 33.7 Å². The first kappa shape index (κ1) is 15.5. The molecule has 2 rings (SSSR count). The fourth-order valence-electron chi connectivity index (χ4n) is 1.40. The first-order chi connectivity index (χ1) is 10.0. The Morgan fingerprint density at radius 2 is 1.81 bits per heavy atom. The third-order valence-corrected chi connectivity index (χ3v) is 3.73. The van der Waals surface area contributed by atoms with Crippen molar-refractivity contribution in [2.24, 2.45) is 0 Å². The zero-order chi connectivity index (χ0) is 15.4. The highest BCUT2D eigenvalue weighted by atomic mass is 79.9. The molecule has 7 nitrogen and oxygen atoms in total. The highest BCUT2D eigenvalue weighted by Gasteiger charge is 2.15. The Hall–Kier alpha value is -1.87. The van der Waals surface area contributed by atoms with Gasteiger partial charge in [-0.1, -0.05) is 15.9 Å². The molecule has 0 aliphatic carbocycles. The third kappa shape index (κ3) is 3.82. The van der Waals surface area contributed by atoms with E-state index in [1.54, 1.807) is 12.1 Å². The molecule has 0 saturated heterocycles. The number of nitrogens with zero attached hydrogens (tertiary/aromatic N) is 3. The van der Waals surface area contributed by atoms with Gasteiger partial charge in [-0.25, -0.2) is 4.79 Å². The van der Waals surface area contributed by atoms with E-state index >= 15 is 0 Å². The Morgan fingerprint density at radius 1 is 1.19 bits per heavy atom. The maximum atomic E-state index is 11.2. The van der Waals surface area contributed by atoms with E-state index in [4.69, 9.17) is 9.47 Å². The van der Waals surface area contributed by atoms with Crippen LogP contribution in [0.5, 0.6) is 12.0 Å². The van der Waals surface area contributed by atoms with Crippen LogP contribution >= 0.6 is 27.7 Å². The van der Waals surface area contributed by atoms with Gasteiger partial charge in [-0.2, -0.15) is 9.97 Å². The summed E-state index contributed by atoms with van der Waals surface area (Å²) in [6.07, 6.45) is 0. The summed E-state index contributed by atoms with van der Waals surface area (Å²) in [5.41, 5.74) is 0.154. The van der Waals surface area contributed by atoms with Crippen LogP contribution < -0.4 is 9.47 Å². The van der Waals surface area contributed by atoms with E-state index < -0.39 is 5.97 Å². The Kier molecular flexibility index (Phi) is 4.97. The summed E-state index contributed by atoms with van der Waals surface area (Å²) < 4.78 is 10.7. The quantitative estimate of drug-likeness (QED) is 0.856. The molecule has 9 heteroatoms. The molecule has 0 atom stereocenters. The highest BCUT2D eigenvalue weighted by molar-refractivity contribution is 9.10.